The molecule has 2 aromatic carbocycles. The van der Waals surface area contributed by atoms with Crippen molar-refractivity contribution in [3.8, 4) is 16.2 Å². The summed E-state index contributed by atoms with van der Waals surface area (Å²) in [6.07, 6.45) is 1.67. The van der Waals surface area contributed by atoms with Crippen LogP contribution in [-0.2, 0) is 13.0 Å². The Kier molecular flexibility index (Phi) is 7.87. The Morgan fingerprint density at radius 2 is 1.68 bits per heavy atom. The van der Waals surface area contributed by atoms with Crippen LogP contribution < -0.4 is 0 Å². The van der Waals surface area contributed by atoms with E-state index in [1.54, 1.807) is 20.7 Å². The summed E-state index contributed by atoms with van der Waals surface area (Å²) in [7, 11) is 3.39. The molecule has 1 fully saturated rings. The molecule has 1 aromatic heterocycles. The Bertz CT molecular complexity index is 1040. The van der Waals surface area contributed by atoms with Crippen molar-refractivity contribution in [2.24, 2.45) is 0 Å². The fourth-order valence-corrected chi connectivity index (χ4v) is 6.92. The highest BCUT2D eigenvalue weighted by Crippen LogP contribution is 2.38. The third-order valence-electron chi connectivity index (χ3n) is 5.78. The molecular weight excluding hydrogens is 444 g/mol. The van der Waals surface area contributed by atoms with Gasteiger partial charge in [-0.3, -0.25) is 4.90 Å². The van der Waals surface area contributed by atoms with Crippen LogP contribution >= 0.6 is 32.9 Å². The van der Waals surface area contributed by atoms with Crippen LogP contribution in [0.5, 0.6) is 5.75 Å². The second-order valence-corrected chi connectivity index (χ2v) is 10.8. The molecule has 1 saturated heterocycles. The predicted octanol–water partition coefficient (Wildman–Crippen LogP) is 5.00. The summed E-state index contributed by atoms with van der Waals surface area (Å²) in [4.78, 5) is 6.01. The van der Waals surface area contributed by atoms with E-state index in [4.69, 9.17) is 17.3 Å². The minimum Gasteiger partial charge on any atom is -0.508 e. The molecule has 0 radical (unpaired) electrons. The topological polar surface area (TPSA) is 46.9 Å². The first-order valence-electron chi connectivity index (χ1n) is 10.7. The van der Waals surface area contributed by atoms with E-state index in [-0.39, 0.29) is 6.61 Å². The van der Waals surface area contributed by atoms with Crippen molar-refractivity contribution < 1.29 is 10.2 Å². The number of hydrogen-bond acceptors (Lipinski definition) is 7. The third-order valence-corrected chi connectivity index (χ3v) is 8.97. The molecule has 1 aliphatic rings. The summed E-state index contributed by atoms with van der Waals surface area (Å²) >= 11 is 5.65. The Morgan fingerprint density at radius 3 is 2.42 bits per heavy atom. The number of aliphatic hydroxyl groups excluding tert-OH is 1. The lowest BCUT2D eigenvalue weighted by Crippen LogP contribution is -2.46. The molecule has 7 heteroatoms. The molecule has 3 aromatic rings. The summed E-state index contributed by atoms with van der Waals surface area (Å²) in [5.41, 5.74) is 4.58. The van der Waals surface area contributed by atoms with Crippen LogP contribution in [0.3, 0.4) is 0 Å². The lowest BCUT2D eigenvalue weighted by molar-refractivity contribution is 0.119. The minimum absolute atomic E-state index is 0.253. The molecule has 0 atom stereocenters. The number of piperazine rings is 1. The summed E-state index contributed by atoms with van der Waals surface area (Å²) in [5, 5.41) is 19.5. The highest BCUT2D eigenvalue weighted by atomic mass is 32.9. The zero-order valence-corrected chi connectivity index (χ0v) is 19.9. The minimum atomic E-state index is 0.253. The smallest absolute Gasteiger partial charge is 0.120 e. The first kappa shape index (κ1) is 22.6. The lowest BCUT2D eigenvalue weighted by Gasteiger charge is -2.34. The largest absolute Gasteiger partial charge is 0.508 e. The quantitative estimate of drug-likeness (QED) is 0.357. The van der Waals surface area contributed by atoms with Crippen molar-refractivity contribution in [1.82, 2.24) is 9.80 Å². The standard InChI is InChI=1S/C24H28N2O2S3/c27-14-4-9-25-10-12-26(13-11-25)17-20-16-19(7-8-22(20)28)23-21(24(29)31-30-23)15-18-5-2-1-3-6-18/h1-3,5-8,16,27-28H,4,9-15,17H2. The number of aliphatic hydroxyl groups is 1. The SMILES string of the molecule is OCCCN1CCN(Cc2cc(-c3ssc(=S)c3Cc3ccccc3)ccc2O)CC1. The van der Waals surface area contributed by atoms with Crippen LogP contribution in [0.25, 0.3) is 10.4 Å². The highest BCUT2D eigenvalue weighted by molar-refractivity contribution is 7.80. The molecule has 0 spiro atoms. The summed E-state index contributed by atoms with van der Waals surface area (Å²) in [6, 6.07) is 16.4. The number of aromatic hydroxyl groups is 1. The van der Waals surface area contributed by atoms with Gasteiger partial charge in [0, 0.05) is 63.4 Å². The van der Waals surface area contributed by atoms with Gasteiger partial charge in [0.25, 0.3) is 0 Å². The van der Waals surface area contributed by atoms with Crippen molar-refractivity contribution in [2.45, 2.75) is 19.4 Å². The van der Waals surface area contributed by atoms with Crippen molar-refractivity contribution >= 4 is 32.9 Å². The van der Waals surface area contributed by atoms with Gasteiger partial charge >= 0.3 is 0 Å². The predicted molar refractivity (Wildman–Crippen MR) is 133 cm³/mol. The molecule has 1 aliphatic heterocycles. The van der Waals surface area contributed by atoms with E-state index in [9.17, 15) is 5.11 Å². The maximum atomic E-state index is 10.5. The van der Waals surface area contributed by atoms with Gasteiger partial charge in [0.15, 0.2) is 0 Å². The van der Waals surface area contributed by atoms with Crippen molar-refractivity contribution in [2.75, 3.05) is 39.3 Å². The maximum absolute atomic E-state index is 10.5. The van der Waals surface area contributed by atoms with E-state index in [1.807, 2.05) is 18.2 Å². The number of nitrogens with zero attached hydrogens (tertiary/aromatic N) is 2. The molecule has 4 rings (SSSR count). The van der Waals surface area contributed by atoms with E-state index >= 15 is 0 Å². The Labute approximate surface area is 196 Å². The molecular formula is C24H28N2O2S3. The summed E-state index contributed by atoms with van der Waals surface area (Å²) < 4.78 is 0.956. The number of phenols is 1. The number of rotatable bonds is 8. The van der Waals surface area contributed by atoms with E-state index in [0.717, 1.165) is 67.1 Å². The maximum Gasteiger partial charge on any atom is 0.120 e. The van der Waals surface area contributed by atoms with E-state index in [2.05, 4.69) is 40.1 Å². The van der Waals surface area contributed by atoms with Gasteiger partial charge in [0.1, 0.15) is 9.57 Å². The Balaban J connectivity index is 1.50. The second kappa shape index (κ2) is 10.8. The van der Waals surface area contributed by atoms with E-state index < -0.39 is 0 Å². The summed E-state index contributed by atoms with van der Waals surface area (Å²) in [6.45, 7) is 5.93. The van der Waals surface area contributed by atoms with Gasteiger partial charge < -0.3 is 15.1 Å². The van der Waals surface area contributed by atoms with Crippen LogP contribution in [0.2, 0.25) is 0 Å². The van der Waals surface area contributed by atoms with Crippen LogP contribution in [0.4, 0.5) is 0 Å². The molecule has 4 nitrogen and oxygen atoms in total. The lowest BCUT2D eigenvalue weighted by atomic mass is 10.0. The molecule has 164 valence electrons. The fraction of sp³-hybridized carbons (Fsp3) is 0.375. The molecule has 0 bridgehead atoms. The first-order valence-corrected chi connectivity index (χ1v) is 13.2. The first-order chi connectivity index (χ1) is 15.1. The average molecular weight is 473 g/mol. The van der Waals surface area contributed by atoms with Gasteiger partial charge in [-0.15, -0.1) is 0 Å². The van der Waals surface area contributed by atoms with Gasteiger partial charge in [-0.2, -0.15) is 0 Å². The second-order valence-electron chi connectivity index (χ2n) is 7.96. The fourth-order valence-electron chi connectivity index (χ4n) is 4.01. The van der Waals surface area contributed by atoms with Crippen molar-refractivity contribution in [1.29, 1.82) is 0 Å². The van der Waals surface area contributed by atoms with Gasteiger partial charge in [0.2, 0.25) is 0 Å². The van der Waals surface area contributed by atoms with Crippen molar-refractivity contribution in [3.63, 3.8) is 0 Å². The van der Waals surface area contributed by atoms with Crippen LogP contribution in [-0.4, -0.2) is 59.3 Å². The van der Waals surface area contributed by atoms with Gasteiger partial charge in [0.05, 0.1) is 4.88 Å². The summed E-state index contributed by atoms with van der Waals surface area (Å²) in [5.74, 6) is 0.356. The van der Waals surface area contributed by atoms with Crippen LogP contribution in [0.15, 0.2) is 48.5 Å². The van der Waals surface area contributed by atoms with Crippen LogP contribution in [0, 0.1) is 3.82 Å². The number of hydrogen-bond donors (Lipinski definition) is 2. The zero-order chi connectivity index (χ0) is 21.6. The Hall–Kier alpha value is -1.61. The molecule has 0 unspecified atom stereocenters. The Morgan fingerprint density at radius 1 is 0.935 bits per heavy atom. The average Bonchev–Trinajstić information content (AvgIpc) is 3.15. The molecule has 2 heterocycles. The monoisotopic (exact) mass is 472 g/mol. The zero-order valence-electron chi connectivity index (χ0n) is 17.5. The number of benzene rings is 2. The van der Waals surface area contributed by atoms with E-state index in [0.29, 0.717) is 5.75 Å². The van der Waals surface area contributed by atoms with Gasteiger partial charge in [-0.25, -0.2) is 0 Å². The number of phenolic OH excluding ortho intramolecular Hbond substituents is 1. The molecule has 0 amide bonds. The molecule has 0 aliphatic carbocycles. The molecule has 0 saturated carbocycles. The van der Waals surface area contributed by atoms with E-state index in [1.165, 1.54) is 16.0 Å². The van der Waals surface area contributed by atoms with Crippen LogP contribution in [0.1, 0.15) is 23.1 Å². The normalized spacial score (nSPS) is 15.4. The third kappa shape index (κ3) is 5.80. The molecule has 31 heavy (non-hydrogen) atoms. The molecule has 2 N–H and O–H groups in total. The van der Waals surface area contributed by atoms with Gasteiger partial charge in [-0.05, 0) is 35.7 Å². The van der Waals surface area contributed by atoms with Gasteiger partial charge in [-0.1, -0.05) is 63.2 Å². The highest BCUT2D eigenvalue weighted by Gasteiger charge is 2.19. The van der Waals surface area contributed by atoms with Crippen molar-refractivity contribution in [3.05, 3.63) is 69.0 Å².